The standard InChI is InChI=1S/C27H31BrN2O4S/c1-16-10-21(33-6)13-22(28)24(16)30-25(31)23-12-20(15-35-23)19-9-7-8-18(11-19)17(2)14-29-26(32)34-27(3,4)5/h7-13,15,17H,14H2,1-6H3,(H,29,32)(H,30,31). The average Bonchev–Trinajstić information content (AvgIpc) is 3.29. The number of amides is 2. The molecular formula is C27H31BrN2O4S. The van der Waals surface area contributed by atoms with Gasteiger partial charge in [-0.3, -0.25) is 4.79 Å². The molecule has 2 N–H and O–H groups in total. The van der Waals surface area contributed by atoms with Gasteiger partial charge < -0.3 is 20.1 Å². The van der Waals surface area contributed by atoms with Crippen molar-refractivity contribution in [2.45, 2.75) is 46.1 Å². The fourth-order valence-corrected chi connectivity index (χ4v) is 4.91. The van der Waals surface area contributed by atoms with E-state index in [1.54, 1.807) is 7.11 Å². The molecule has 0 aliphatic carbocycles. The molecule has 0 spiro atoms. The molecule has 0 aliphatic heterocycles. The number of aryl methyl sites for hydroxylation is 1. The van der Waals surface area contributed by atoms with Crippen LogP contribution in [0, 0.1) is 6.92 Å². The number of carbonyl (C=O) groups is 2. The van der Waals surface area contributed by atoms with Crippen LogP contribution >= 0.6 is 27.3 Å². The summed E-state index contributed by atoms with van der Waals surface area (Å²) < 4.78 is 11.4. The van der Waals surface area contributed by atoms with Crippen LogP contribution in [-0.4, -0.2) is 31.3 Å². The van der Waals surface area contributed by atoms with Gasteiger partial charge in [0.1, 0.15) is 11.4 Å². The summed E-state index contributed by atoms with van der Waals surface area (Å²) in [5.74, 6) is 0.654. The number of nitrogens with one attached hydrogen (secondary N) is 2. The summed E-state index contributed by atoms with van der Waals surface area (Å²) in [4.78, 5) is 25.5. The molecule has 1 unspecified atom stereocenters. The summed E-state index contributed by atoms with van der Waals surface area (Å²) in [6.07, 6.45) is -0.423. The number of hydrogen-bond donors (Lipinski definition) is 2. The summed E-state index contributed by atoms with van der Waals surface area (Å²) in [5, 5.41) is 7.81. The Balaban J connectivity index is 1.69. The summed E-state index contributed by atoms with van der Waals surface area (Å²) in [6, 6.07) is 13.7. The van der Waals surface area contributed by atoms with E-state index < -0.39 is 11.7 Å². The van der Waals surface area contributed by atoms with E-state index in [1.807, 2.05) is 69.5 Å². The lowest BCUT2D eigenvalue weighted by atomic mass is 9.97. The fraction of sp³-hybridized carbons (Fsp3) is 0.333. The predicted molar refractivity (Wildman–Crippen MR) is 146 cm³/mol. The molecular weight excluding hydrogens is 528 g/mol. The number of thiophene rings is 1. The highest BCUT2D eigenvalue weighted by atomic mass is 79.9. The Morgan fingerprint density at radius 2 is 1.86 bits per heavy atom. The molecule has 0 bridgehead atoms. The third-order valence-corrected chi connectivity index (χ3v) is 6.85. The number of benzene rings is 2. The Kier molecular flexibility index (Phi) is 8.61. The largest absolute Gasteiger partial charge is 0.497 e. The zero-order valence-electron chi connectivity index (χ0n) is 20.8. The third kappa shape index (κ3) is 7.32. The second-order valence-corrected chi connectivity index (χ2v) is 11.1. The van der Waals surface area contributed by atoms with E-state index in [9.17, 15) is 9.59 Å². The lowest BCUT2D eigenvalue weighted by Gasteiger charge is -2.21. The number of ether oxygens (including phenoxy) is 2. The Morgan fingerprint density at radius 3 is 2.51 bits per heavy atom. The highest BCUT2D eigenvalue weighted by Crippen LogP contribution is 2.33. The molecule has 0 saturated heterocycles. The molecule has 6 nitrogen and oxygen atoms in total. The minimum Gasteiger partial charge on any atom is -0.497 e. The van der Waals surface area contributed by atoms with Crippen LogP contribution in [-0.2, 0) is 4.74 Å². The number of methoxy groups -OCH3 is 1. The number of alkyl carbamates (subject to hydrolysis) is 1. The molecule has 2 amide bonds. The van der Waals surface area contributed by atoms with E-state index in [2.05, 4.69) is 39.6 Å². The molecule has 8 heteroatoms. The van der Waals surface area contributed by atoms with Gasteiger partial charge in [0.05, 0.1) is 17.7 Å². The molecule has 0 saturated carbocycles. The highest BCUT2D eigenvalue weighted by Gasteiger charge is 2.18. The molecule has 35 heavy (non-hydrogen) atoms. The molecule has 3 aromatic rings. The van der Waals surface area contributed by atoms with E-state index in [0.29, 0.717) is 11.4 Å². The van der Waals surface area contributed by atoms with E-state index in [4.69, 9.17) is 9.47 Å². The van der Waals surface area contributed by atoms with Crippen LogP contribution in [0.3, 0.4) is 0 Å². The summed E-state index contributed by atoms with van der Waals surface area (Å²) in [6.45, 7) is 9.96. The van der Waals surface area contributed by atoms with Gasteiger partial charge in [-0.15, -0.1) is 11.3 Å². The maximum atomic E-state index is 12.9. The number of hydrogen-bond acceptors (Lipinski definition) is 5. The van der Waals surface area contributed by atoms with Gasteiger partial charge in [-0.1, -0.05) is 31.2 Å². The smallest absolute Gasteiger partial charge is 0.407 e. The molecule has 0 radical (unpaired) electrons. The molecule has 1 heterocycles. The van der Waals surface area contributed by atoms with Crippen molar-refractivity contribution in [2.75, 3.05) is 19.0 Å². The minimum absolute atomic E-state index is 0.0965. The number of halogens is 1. The molecule has 0 aliphatic rings. The quantitative estimate of drug-likeness (QED) is 0.317. The summed E-state index contributed by atoms with van der Waals surface area (Å²) >= 11 is 4.91. The first kappa shape index (κ1) is 26.8. The molecule has 0 fully saturated rings. The lowest BCUT2D eigenvalue weighted by Crippen LogP contribution is -2.34. The monoisotopic (exact) mass is 558 g/mol. The zero-order valence-corrected chi connectivity index (χ0v) is 23.2. The molecule has 186 valence electrons. The van der Waals surface area contributed by atoms with Crippen molar-refractivity contribution < 1.29 is 19.1 Å². The van der Waals surface area contributed by atoms with E-state index in [1.165, 1.54) is 11.3 Å². The van der Waals surface area contributed by atoms with Crippen molar-refractivity contribution >= 4 is 45.0 Å². The van der Waals surface area contributed by atoms with Crippen molar-refractivity contribution in [2.24, 2.45) is 0 Å². The van der Waals surface area contributed by atoms with Crippen molar-refractivity contribution in [3.63, 3.8) is 0 Å². The number of anilines is 1. The first-order valence-electron chi connectivity index (χ1n) is 11.3. The van der Waals surface area contributed by atoms with E-state index >= 15 is 0 Å². The summed E-state index contributed by atoms with van der Waals surface area (Å²) in [5.41, 5.74) is 4.18. The first-order valence-corrected chi connectivity index (χ1v) is 13.0. The van der Waals surface area contributed by atoms with Crippen LogP contribution in [0.15, 0.2) is 52.3 Å². The maximum absolute atomic E-state index is 12.9. The van der Waals surface area contributed by atoms with Crippen LogP contribution < -0.4 is 15.4 Å². The van der Waals surface area contributed by atoms with Gasteiger partial charge in [0.15, 0.2) is 0 Å². The van der Waals surface area contributed by atoms with E-state index in [-0.39, 0.29) is 11.8 Å². The Hall–Kier alpha value is -2.84. The lowest BCUT2D eigenvalue weighted by molar-refractivity contribution is 0.0525. The minimum atomic E-state index is -0.529. The maximum Gasteiger partial charge on any atom is 0.407 e. The van der Waals surface area contributed by atoms with Gasteiger partial charge in [0.2, 0.25) is 0 Å². The average molecular weight is 560 g/mol. The Bertz CT molecular complexity index is 1190. The van der Waals surface area contributed by atoms with Crippen molar-refractivity contribution in [3.05, 3.63) is 68.3 Å². The number of carbonyl (C=O) groups excluding carboxylic acids is 2. The Labute approximate surface area is 219 Å². The highest BCUT2D eigenvalue weighted by molar-refractivity contribution is 9.10. The fourth-order valence-electron chi connectivity index (χ4n) is 3.46. The second-order valence-electron chi connectivity index (χ2n) is 9.36. The zero-order chi connectivity index (χ0) is 25.8. The molecule has 3 rings (SSSR count). The van der Waals surface area contributed by atoms with Crippen LogP contribution in [0.25, 0.3) is 11.1 Å². The van der Waals surface area contributed by atoms with Crippen LogP contribution in [0.4, 0.5) is 10.5 Å². The van der Waals surface area contributed by atoms with Gasteiger partial charge >= 0.3 is 6.09 Å². The third-order valence-electron chi connectivity index (χ3n) is 5.30. The normalized spacial score (nSPS) is 12.1. The van der Waals surface area contributed by atoms with Gasteiger partial charge in [-0.2, -0.15) is 0 Å². The van der Waals surface area contributed by atoms with Gasteiger partial charge in [-0.25, -0.2) is 4.79 Å². The summed E-state index contributed by atoms with van der Waals surface area (Å²) in [7, 11) is 1.61. The SMILES string of the molecule is COc1cc(C)c(NC(=O)c2cc(-c3cccc(C(C)CNC(=O)OC(C)(C)C)c3)cs2)c(Br)c1. The first-order chi connectivity index (χ1) is 16.5. The van der Waals surface area contributed by atoms with Gasteiger partial charge in [0, 0.05) is 11.0 Å². The van der Waals surface area contributed by atoms with Crippen molar-refractivity contribution in [3.8, 4) is 16.9 Å². The molecule has 1 atom stereocenters. The predicted octanol–water partition coefficient (Wildman–Crippen LogP) is 7.38. The van der Waals surface area contributed by atoms with Crippen molar-refractivity contribution in [1.82, 2.24) is 5.32 Å². The topological polar surface area (TPSA) is 76.7 Å². The van der Waals surface area contributed by atoms with Crippen LogP contribution in [0.1, 0.15) is 54.4 Å². The van der Waals surface area contributed by atoms with E-state index in [0.717, 1.165) is 38.2 Å². The number of rotatable bonds is 7. The van der Waals surface area contributed by atoms with Crippen molar-refractivity contribution in [1.29, 1.82) is 0 Å². The van der Waals surface area contributed by atoms with Gasteiger partial charge in [0.25, 0.3) is 5.91 Å². The Morgan fingerprint density at radius 1 is 1.11 bits per heavy atom. The molecule has 2 aromatic carbocycles. The molecule has 1 aromatic heterocycles. The van der Waals surface area contributed by atoms with Gasteiger partial charge in [-0.05, 0) is 95.4 Å². The second kappa shape index (κ2) is 11.3. The van der Waals surface area contributed by atoms with Crippen LogP contribution in [0.2, 0.25) is 0 Å². The van der Waals surface area contributed by atoms with Crippen LogP contribution in [0.5, 0.6) is 5.75 Å².